The average molecular weight is 149 g/mol. The molecular formula is C8H11N3. The molecule has 2 bridgehead atoms. The summed E-state index contributed by atoms with van der Waals surface area (Å²) in [5.74, 6) is 0. The normalized spacial score (nSPS) is 33.8. The number of hydrogen-bond donors (Lipinski definition) is 2. The Morgan fingerprint density at radius 3 is 3.45 bits per heavy atom. The van der Waals surface area contributed by atoms with Gasteiger partial charge in [0.15, 0.2) is 0 Å². The number of aromatic nitrogens is 2. The summed E-state index contributed by atoms with van der Waals surface area (Å²) in [5.41, 5.74) is 2.62. The minimum absolute atomic E-state index is 0.551. The zero-order valence-corrected chi connectivity index (χ0v) is 6.30. The van der Waals surface area contributed by atoms with Crippen molar-refractivity contribution in [1.82, 2.24) is 15.3 Å². The van der Waals surface area contributed by atoms with E-state index in [-0.39, 0.29) is 0 Å². The second-order valence-corrected chi connectivity index (χ2v) is 3.46. The van der Waals surface area contributed by atoms with Gasteiger partial charge in [-0.05, 0) is 12.8 Å². The third kappa shape index (κ3) is 0.688. The van der Waals surface area contributed by atoms with E-state index in [9.17, 15) is 0 Å². The zero-order chi connectivity index (χ0) is 7.26. The van der Waals surface area contributed by atoms with Gasteiger partial charge in [-0.25, -0.2) is 4.98 Å². The molecule has 0 amide bonds. The van der Waals surface area contributed by atoms with Crippen LogP contribution in [-0.4, -0.2) is 16.0 Å². The molecule has 1 saturated heterocycles. The molecule has 0 saturated carbocycles. The van der Waals surface area contributed by atoms with Gasteiger partial charge in [0.25, 0.3) is 0 Å². The van der Waals surface area contributed by atoms with Crippen LogP contribution in [0.4, 0.5) is 0 Å². The van der Waals surface area contributed by atoms with Crippen LogP contribution in [0.1, 0.15) is 30.3 Å². The maximum absolute atomic E-state index is 4.32. The van der Waals surface area contributed by atoms with Crippen molar-refractivity contribution < 1.29 is 0 Å². The van der Waals surface area contributed by atoms with Crippen LogP contribution < -0.4 is 5.32 Å². The number of nitrogens with one attached hydrogen (secondary N) is 2. The molecule has 1 aromatic rings. The fourth-order valence-corrected chi connectivity index (χ4v) is 2.24. The molecule has 1 fully saturated rings. The van der Waals surface area contributed by atoms with Gasteiger partial charge >= 0.3 is 0 Å². The van der Waals surface area contributed by atoms with Crippen LogP contribution in [0.15, 0.2) is 6.33 Å². The highest BCUT2D eigenvalue weighted by molar-refractivity contribution is 5.23. The number of H-pyrrole nitrogens is 1. The fourth-order valence-electron chi connectivity index (χ4n) is 2.24. The maximum atomic E-state index is 4.32. The van der Waals surface area contributed by atoms with E-state index < -0.39 is 0 Å². The smallest absolute Gasteiger partial charge is 0.0925 e. The van der Waals surface area contributed by atoms with Crippen LogP contribution in [0.3, 0.4) is 0 Å². The van der Waals surface area contributed by atoms with Crippen molar-refractivity contribution in [2.75, 3.05) is 0 Å². The van der Waals surface area contributed by atoms with Gasteiger partial charge in [0.05, 0.1) is 18.1 Å². The first kappa shape index (κ1) is 5.77. The number of aromatic amines is 1. The molecule has 2 aliphatic heterocycles. The molecule has 0 aliphatic carbocycles. The summed E-state index contributed by atoms with van der Waals surface area (Å²) in [6.45, 7) is 0. The van der Waals surface area contributed by atoms with Gasteiger partial charge in [-0.1, -0.05) is 0 Å². The van der Waals surface area contributed by atoms with E-state index in [0.717, 1.165) is 6.42 Å². The van der Waals surface area contributed by atoms with Gasteiger partial charge in [0.2, 0.25) is 0 Å². The Morgan fingerprint density at radius 2 is 2.45 bits per heavy atom. The summed E-state index contributed by atoms with van der Waals surface area (Å²) in [5, 5.41) is 3.55. The Balaban J connectivity index is 2.12. The summed E-state index contributed by atoms with van der Waals surface area (Å²) in [7, 11) is 0. The van der Waals surface area contributed by atoms with Crippen LogP contribution in [0.25, 0.3) is 0 Å². The minimum atomic E-state index is 0.551. The standard InChI is InChI=1S/C8H11N3/c1-2-6-8-7(9-4-10-8)3-5(1)11-6/h4-6,11H,1-3H2,(H,9,10). The van der Waals surface area contributed by atoms with E-state index in [0.29, 0.717) is 12.1 Å². The van der Waals surface area contributed by atoms with Crippen LogP contribution in [0, 0.1) is 0 Å². The van der Waals surface area contributed by atoms with Gasteiger partial charge < -0.3 is 10.3 Å². The molecule has 3 heteroatoms. The SMILES string of the molecule is c1nc2c([nH]1)CC1CCC2N1. The van der Waals surface area contributed by atoms with Gasteiger partial charge in [0, 0.05) is 18.2 Å². The molecule has 3 rings (SSSR count). The molecule has 58 valence electrons. The molecule has 2 N–H and O–H groups in total. The zero-order valence-electron chi connectivity index (χ0n) is 6.30. The Bertz CT molecular complexity index is 279. The Labute approximate surface area is 65.2 Å². The van der Waals surface area contributed by atoms with Crippen molar-refractivity contribution in [2.24, 2.45) is 0 Å². The van der Waals surface area contributed by atoms with E-state index in [1.54, 1.807) is 0 Å². The first-order valence-electron chi connectivity index (χ1n) is 4.21. The van der Waals surface area contributed by atoms with E-state index in [4.69, 9.17) is 0 Å². The second kappa shape index (κ2) is 1.85. The number of hydrogen-bond acceptors (Lipinski definition) is 2. The summed E-state index contributed by atoms with van der Waals surface area (Å²) in [6.07, 6.45) is 5.54. The van der Waals surface area contributed by atoms with Crippen LogP contribution >= 0.6 is 0 Å². The first-order chi connectivity index (χ1) is 5.43. The third-order valence-corrected chi connectivity index (χ3v) is 2.77. The maximum Gasteiger partial charge on any atom is 0.0925 e. The molecule has 2 unspecified atom stereocenters. The molecule has 0 radical (unpaired) electrons. The molecular weight excluding hydrogens is 138 g/mol. The second-order valence-electron chi connectivity index (χ2n) is 3.46. The Hall–Kier alpha value is -0.830. The van der Waals surface area contributed by atoms with Crippen molar-refractivity contribution in [3.63, 3.8) is 0 Å². The summed E-state index contributed by atoms with van der Waals surface area (Å²) in [6, 6.07) is 1.27. The van der Waals surface area contributed by atoms with Gasteiger partial charge in [-0.3, -0.25) is 0 Å². The molecule has 3 nitrogen and oxygen atoms in total. The number of imidazole rings is 1. The van der Waals surface area contributed by atoms with Gasteiger partial charge in [0.1, 0.15) is 0 Å². The van der Waals surface area contributed by atoms with Crippen LogP contribution in [-0.2, 0) is 6.42 Å². The first-order valence-corrected chi connectivity index (χ1v) is 4.21. The largest absolute Gasteiger partial charge is 0.348 e. The van der Waals surface area contributed by atoms with Crippen LogP contribution in [0.5, 0.6) is 0 Å². The topological polar surface area (TPSA) is 40.7 Å². The van der Waals surface area contributed by atoms with E-state index in [2.05, 4.69) is 15.3 Å². The molecule has 2 aliphatic rings. The van der Waals surface area contributed by atoms with Crippen molar-refractivity contribution >= 4 is 0 Å². The van der Waals surface area contributed by atoms with E-state index in [1.165, 1.54) is 24.2 Å². The number of rotatable bonds is 0. The monoisotopic (exact) mass is 149 g/mol. The summed E-state index contributed by atoms with van der Waals surface area (Å²) < 4.78 is 0. The summed E-state index contributed by atoms with van der Waals surface area (Å²) in [4.78, 5) is 7.52. The molecule has 1 aromatic heterocycles. The number of nitrogens with zero attached hydrogens (tertiary/aromatic N) is 1. The highest BCUT2D eigenvalue weighted by Crippen LogP contribution is 2.33. The molecule has 0 spiro atoms. The molecule has 0 aromatic carbocycles. The predicted molar refractivity (Wildman–Crippen MR) is 41.2 cm³/mol. The van der Waals surface area contributed by atoms with Crippen molar-refractivity contribution in [1.29, 1.82) is 0 Å². The third-order valence-electron chi connectivity index (χ3n) is 2.77. The Morgan fingerprint density at radius 1 is 1.45 bits per heavy atom. The quantitative estimate of drug-likeness (QED) is 0.571. The highest BCUT2D eigenvalue weighted by Gasteiger charge is 2.33. The average Bonchev–Trinajstić information content (AvgIpc) is 2.58. The Kier molecular flexibility index (Phi) is 0.973. The lowest BCUT2D eigenvalue weighted by Gasteiger charge is -2.19. The highest BCUT2D eigenvalue weighted by atomic mass is 15.1. The molecule has 2 atom stereocenters. The van der Waals surface area contributed by atoms with Crippen molar-refractivity contribution in [3.8, 4) is 0 Å². The van der Waals surface area contributed by atoms with E-state index in [1.807, 2.05) is 6.33 Å². The molecule has 11 heavy (non-hydrogen) atoms. The minimum Gasteiger partial charge on any atom is -0.348 e. The lowest BCUT2D eigenvalue weighted by Crippen LogP contribution is -2.31. The number of fused-ring (bicyclic) bond motifs is 4. The predicted octanol–water partition coefficient (Wildman–Crippen LogP) is 0.759. The van der Waals surface area contributed by atoms with Gasteiger partial charge in [-0.2, -0.15) is 0 Å². The van der Waals surface area contributed by atoms with Crippen molar-refractivity contribution in [2.45, 2.75) is 31.3 Å². The molecule has 3 heterocycles. The van der Waals surface area contributed by atoms with Gasteiger partial charge in [-0.15, -0.1) is 0 Å². The van der Waals surface area contributed by atoms with E-state index >= 15 is 0 Å². The van der Waals surface area contributed by atoms with Crippen LogP contribution in [0.2, 0.25) is 0 Å². The fraction of sp³-hybridized carbons (Fsp3) is 0.625. The van der Waals surface area contributed by atoms with Crippen molar-refractivity contribution in [3.05, 3.63) is 17.7 Å². The summed E-state index contributed by atoms with van der Waals surface area (Å²) >= 11 is 0. The lowest BCUT2D eigenvalue weighted by atomic mass is 10.1. The lowest BCUT2D eigenvalue weighted by molar-refractivity contribution is 0.504.